The summed E-state index contributed by atoms with van der Waals surface area (Å²) in [7, 11) is 0. The molecule has 1 heteroatoms. The lowest BCUT2D eigenvalue weighted by Crippen LogP contribution is -1.98. The Kier molecular flexibility index (Phi) is 2.72. The van der Waals surface area contributed by atoms with E-state index in [1.807, 2.05) is 18.2 Å². The van der Waals surface area contributed by atoms with Crippen LogP contribution in [0.4, 0.5) is 0 Å². The maximum absolute atomic E-state index is 11.9. The quantitative estimate of drug-likeness (QED) is 0.678. The maximum atomic E-state index is 11.9. The third-order valence-corrected chi connectivity index (χ3v) is 3.03. The van der Waals surface area contributed by atoms with Crippen molar-refractivity contribution >= 4 is 5.78 Å². The predicted octanol–water partition coefficient (Wildman–Crippen LogP) is 3.46. The summed E-state index contributed by atoms with van der Waals surface area (Å²) in [6.45, 7) is 4.18. The number of hydrogen-bond donors (Lipinski definition) is 0. The first-order valence-corrected chi connectivity index (χ1v) is 5.54. The summed E-state index contributed by atoms with van der Waals surface area (Å²) in [6, 6.07) is 6.11. The van der Waals surface area contributed by atoms with Gasteiger partial charge in [-0.2, -0.15) is 0 Å². The van der Waals surface area contributed by atoms with Crippen molar-refractivity contribution < 1.29 is 4.79 Å². The molecule has 0 aromatic heterocycles. The predicted molar refractivity (Wildman–Crippen MR) is 62.2 cm³/mol. The van der Waals surface area contributed by atoms with Gasteiger partial charge in [0, 0.05) is 5.56 Å². The highest BCUT2D eigenvalue weighted by Gasteiger charge is 2.14. The molecule has 1 aromatic carbocycles. The van der Waals surface area contributed by atoms with Gasteiger partial charge in [0.25, 0.3) is 0 Å². The van der Waals surface area contributed by atoms with Crippen molar-refractivity contribution in [2.45, 2.75) is 33.1 Å². The van der Waals surface area contributed by atoms with Gasteiger partial charge < -0.3 is 0 Å². The molecule has 1 aliphatic carbocycles. The Morgan fingerprint density at radius 3 is 2.80 bits per heavy atom. The Bertz CT molecular complexity index is 427. The number of rotatable bonds is 1. The Morgan fingerprint density at radius 2 is 2.07 bits per heavy atom. The first-order chi connectivity index (χ1) is 7.20. The van der Waals surface area contributed by atoms with Gasteiger partial charge in [0.2, 0.25) is 0 Å². The minimum absolute atomic E-state index is 0.180. The molecule has 0 radical (unpaired) electrons. The minimum Gasteiger partial charge on any atom is -0.289 e. The SMILES string of the molecule is CCC1=CC(=O)c2ccc(C)cc2CC1. The van der Waals surface area contributed by atoms with Crippen molar-refractivity contribution in [2.75, 3.05) is 0 Å². The molecule has 0 atom stereocenters. The van der Waals surface area contributed by atoms with Gasteiger partial charge in [-0.3, -0.25) is 4.79 Å². The van der Waals surface area contributed by atoms with Crippen molar-refractivity contribution in [3.63, 3.8) is 0 Å². The Hall–Kier alpha value is -1.37. The number of benzene rings is 1. The molecular formula is C14H16O. The summed E-state index contributed by atoms with van der Waals surface area (Å²) >= 11 is 0. The van der Waals surface area contributed by atoms with Crippen LogP contribution in [0.5, 0.6) is 0 Å². The fourth-order valence-electron chi connectivity index (χ4n) is 2.08. The van der Waals surface area contributed by atoms with Gasteiger partial charge >= 0.3 is 0 Å². The van der Waals surface area contributed by atoms with E-state index in [4.69, 9.17) is 0 Å². The molecule has 1 nitrogen and oxygen atoms in total. The number of carbonyl (C=O) groups excluding carboxylic acids is 1. The molecule has 1 aliphatic rings. The summed E-state index contributed by atoms with van der Waals surface area (Å²) in [4.78, 5) is 11.9. The van der Waals surface area contributed by atoms with E-state index in [0.29, 0.717) is 0 Å². The number of carbonyl (C=O) groups is 1. The van der Waals surface area contributed by atoms with Crippen LogP contribution in [-0.4, -0.2) is 5.78 Å². The van der Waals surface area contributed by atoms with Crippen LogP contribution in [0.25, 0.3) is 0 Å². The number of allylic oxidation sites excluding steroid dienone is 2. The van der Waals surface area contributed by atoms with Crippen LogP contribution in [0.1, 0.15) is 41.3 Å². The highest BCUT2D eigenvalue weighted by atomic mass is 16.1. The fourth-order valence-corrected chi connectivity index (χ4v) is 2.08. The smallest absolute Gasteiger partial charge is 0.186 e. The molecule has 0 saturated heterocycles. The summed E-state index contributed by atoms with van der Waals surface area (Å²) in [5.41, 5.74) is 4.61. The van der Waals surface area contributed by atoms with Gasteiger partial charge in [0.15, 0.2) is 5.78 Å². The highest BCUT2D eigenvalue weighted by molar-refractivity contribution is 6.06. The van der Waals surface area contributed by atoms with Crippen molar-refractivity contribution in [3.8, 4) is 0 Å². The molecule has 15 heavy (non-hydrogen) atoms. The van der Waals surface area contributed by atoms with E-state index in [0.717, 1.165) is 24.8 Å². The Balaban J connectivity index is 2.44. The summed E-state index contributed by atoms with van der Waals surface area (Å²) in [5, 5.41) is 0. The number of fused-ring (bicyclic) bond motifs is 1. The maximum Gasteiger partial charge on any atom is 0.186 e. The monoisotopic (exact) mass is 200 g/mol. The van der Waals surface area contributed by atoms with E-state index in [1.54, 1.807) is 0 Å². The van der Waals surface area contributed by atoms with E-state index in [9.17, 15) is 4.79 Å². The van der Waals surface area contributed by atoms with Crippen LogP contribution in [-0.2, 0) is 6.42 Å². The van der Waals surface area contributed by atoms with Crippen molar-refractivity contribution in [1.29, 1.82) is 0 Å². The molecule has 0 spiro atoms. The van der Waals surface area contributed by atoms with Crippen molar-refractivity contribution in [3.05, 3.63) is 46.5 Å². The van der Waals surface area contributed by atoms with Gasteiger partial charge in [0.05, 0.1) is 0 Å². The zero-order valence-electron chi connectivity index (χ0n) is 9.34. The van der Waals surface area contributed by atoms with Gasteiger partial charge in [0.1, 0.15) is 0 Å². The second-order valence-corrected chi connectivity index (χ2v) is 4.18. The standard InChI is InChI=1S/C14H16O/c1-3-11-5-6-12-8-10(2)4-7-13(12)14(15)9-11/h4,7-9H,3,5-6H2,1-2H3. The number of ketones is 1. The lowest BCUT2D eigenvalue weighted by molar-refractivity contribution is 0.104. The average Bonchev–Trinajstić information content (AvgIpc) is 2.38. The van der Waals surface area contributed by atoms with Crippen molar-refractivity contribution in [1.82, 2.24) is 0 Å². The van der Waals surface area contributed by atoms with Crippen LogP contribution in [0.3, 0.4) is 0 Å². The molecule has 0 fully saturated rings. The molecule has 1 aromatic rings. The summed E-state index contributed by atoms with van der Waals surface area (Å²) in [6.07, 6.45) is 4.83. The average molecular weight is 200 g/mol. The third kappa shape index (κ3) is 2.01. The highest BCUT2D eigenvalue weighted by Crippen LogP contribution is 2.22. The summed E-state index contributed by atoms with van der Waals surface area (Å²) in [5.74, 6) is 0.180. The van der Waals surface area contributed by atoms with E-state index in [1.165, 1.54) is 16.7 Å². The van der Waals surface area contributed by atoms with Crippen LogP contribution < -0.4 is 0 Å². The van der Waals surface area contributed by atoms with Gasteiger partial charge in [-0.05, 0) is 37.8 Å². The topological polar surface area (TPSA) is 17.1 Å². The first kappa shape index (κ1) is 10.2. The van der Waals surface area contributed by atoms with Gasteiger partial charge in [-0.25, -0.2) is 0 Å². The van der Waals surface area contributed by atoms with Crippen LogP contribution in [0.2, 0.25) is 0 Å². The number of hydrogen-bond acceptors (Lipinski definition) is 1. The molecule has 0 heterocycles. The molecular weight excluding hydrogens is 184 g/mol. The van der Waals surface area contributed by atoms with Crippen molar-refractivity contribution in [2.24, 2.45) is 0 Å². The largest absolute Gasteiger partial charge is 0.289 e. The van der Waals surface area contributed by atoms with Crippen LogP contribution in [0, 0.1) is 6.92 Å². The second kappa shape index (κ2) is 4.01. The van der Waals surface area contributed by atoms with E-state index < -0.39 is 0 Å². The minimum atomic E-state index is 0.180. The molecule has 0 saturated carbocycles. The van der Waals surface area contributed by atoms with Crippen LogP contribution >= 0.6 is 0 Å². The number of aryl methyl sites for hydroxylation is 2. The Labute approximate surface area is 90.8 Å². The second-order valence-electron chi connectivity index (χ2n) is 4.18. The molecule has 0 bridgehead atoms. The fraction of sp³-hybridized carbons (Fsp3) is 0.357. The van der Waals surface area contributed by atoms with E-state index in [-0.39, 0.29) is 5.78 Å². The molecule has 78 valence electrons. The molecule has 0 aliphatic heterocycles. The zero-order chi connectivity index (χ0) is 10.8. The lowest BCUT2D eigenvalue weighted by atomic mass is 9.99. The van der Waals surface area contributed by atoms with Gasteiger partial charge in [-0.1, -0.05) is 36.3 Å². The summed E-state index contributed by atoms with van der Waals surface area (Å²) < 4.78 is 0. The van der Waals surface area contributed by atoms with Gasteiger partial charge in [-0.15, -0.1) is 0 Å². The molecule has 2 rings (SSSR count). The Morgan fingerprint density at radius 1 is 1.27 bits per heavy atom. The van der Waals surface area contributed by atoms with Crippen LogP contribution in [0.15, 0.2) is 29.8 Å². The zero-order valence-corrected chi connectivity index (χ0v) is 9.34. The first-order valence-electron chi connectivity index (χ1n) is 5.54. The van der Waals surface area contributed by atoms with E-state index in [2.05, 4.69) is 19.9 Å². The molecule has 0 unspecified atom stereocenters. The molecule has 0 amide bonds. The normalized spacial score (nSPS) is 15.6. The third-order valence-electron chi connectivity index (χ3n) is 3.03. The molecule has 0 N–H and O–H groups in total. The van der Waals surface area contributed by atoms with E-state index >= 15 is 0 Å². The lowest BCUT2D eigenvalue weighted by Gasteiger charge is -2.04.